The summed E-state index contributed by atoms with van der Waals surface area (Å²) < 4.78 is 3.42. The zero-order valence-corrected chi connectivity index (χ0v) is 16.6. The minimum atomic E-state index is 1.14. The molecular formula is C20H9Br3. The summed E-state index contributed by atoms with van der Waals surface area (Å²) in [5.41, 5.74) is 0. The predicted molar refractivity (Wildman–Crippen MR) is 111 cm³/mol. The largest absolute Gasteiger partial charge is 0.0610 e. The van der Waals surface area contributed by atoms with Crippen LogP contribution in [0.25, 0.3) is 43.1 Å². The molecule has 5 aromatic rings. The molecule has 3 heteroatoms. The molecule has 0 fully saturated rings. The average Bonchev–Trinajstić information content (AvgIpc) is 2.56. The highest BCUT2D eigenvalue weighted by Crippen LogP contribution is 2.45. The standard InChI is InChI=1S/C20H9Br3/c21-15-8-6-14-18-10(2-1-3-12(15)18)11-4-7-16(22)13-5-9-17(23)20(14)19(11)13/h1-9H. The van der Waals surface area contributed by atoms with Crippen LogP contribution in [-0.2, 0) is 0 Å². The molecule has 0 aliphatic carbocycles. The van der Waals surface area contributed by atoms with Gasteiger partial charge in [0.2, 0.25) is 0 Å². The molecule has 0 unspecified atom stereocenters. The number of benzene rings is 5. The minimum absolute atomic E-state index is 1.14. The first kappa shape index (κ1) is 14.2. The van der Waals surface area contributed by atoms with Crippen molar-refractivity contribution < 1.29 is 0 Å². The van der Waals surface area contributed by atoms with Crippen LogP contribution in [0.5, 0.6) is 0 Å². The first-order chi connectivity index (χ1) is 11.2. The van der Waals surface area contributed by atoms with E-state index in [0.717, 1.165) is 13.4 Å². The fourth-order valence-electron chi connectivity index (χ4n) is 3.68. The maximum absolute atomic E-state index is 3.78. The smallest absolute Gasteiger partial charge is 0.0260 e. The Kier molecular flexibility index (Phi) is 3.04. The summed E-state index contributed by atoms with van der Waals surface area (Å²) in [6, 6.07) is 19.6. The van der Waals surface area contributed by atoms with Crippen LogP contribution in [-0.4, -0.2) is 0 Å². The van der Waals surface area contributed by atoms with E-state index in [0.29, 0.717) is 0 Å². The Morgan fingerprint density at radius 1 is 0.391 bits per heavy atom. The maximum atomic E-state index is 3.78. The third kappa shape index (κ3) is 1.81. The average molecular weight is 489 g/mol. The van der Waals surface area contributed by atoms with Gasteiger partial charge in [-0.1, -0.05) is 84.2 Å². The number of halogens is 3. The van der Waals surface area contributed by atoms with Gasteiger partial charge >= 0.3 is 0 Å². The van der Waals surface area contributed by atoms with E-state index in [1.807, 2.05) is 0 Å². The molecular weight excluding hydrogens is 480 g/mol. The van der Waals surface area contributed by atoms with Crippen molar-refractivity contribution in [1.29, 1.82) is 0 Å². The van der Waals surface area contributed by atoms with Crippen molar-refractivity contribution in [1.82, 2.24) is 0 Å². The number of fused-ring (bicyclic) bond motifs is 2. The van der Waals surface area contributed by atoms with E-state index < -0.39 is 0 Å². The molecule has 0 saturated heterocycles. The van der Waals surface area contributed by atoms with Gasteiger partial charge < -0.3 is 0 Å². The Bertz CT molecular complexity index is 1240. The lowest BCUT2D eigenvalue weighted by atomic mass is 9.90. The monoisotopic (exact) mass is 486 g/mol. The van der Waals surface area contributed by atoms with Crippen molar-refractivity contribution >= 4 is 90.9 Å². The van der Waals surface area contributed by atoms with Crippen molar-refractivity contribution in [3.63, 3.8) is 0 Å². The lowest BCUT2D eigenvalue weighted by molar-refractivity contribution is 1.72. The van der Waals surface area contributed by atoms with Crippen molar-refractivity contribution in [2.75, 3.05) is 0 Å². The van der Waals surface area contributed by atoms with E-state index >= 15 is 0 Å². The highest BCUT2D eigenvalue weighted by Gasteiger charge is 2.16. The third-order valence-electron chi connectivity index (χ3n) is 4.62. The first-order valence-corrected chi connectivity index (χ1v) is 9.67. The van der Waals surface area contributed by atoms with E-state index in [-0.39, 0.29) is 0 Å². The van der Waals surface area contributed by atoms with Crippen LogP contribution in [0.4, 0.5) is 0 Å². The number of hydrogen-bond acceptors (Lipinski definition) is 0. The zero-order chi connectivity index (χ0) is 15.7. The second kappa shape index (κ2) is 4.92. The predicted octanol–water partition coefficient (Wildman–Crippen LogP) is 8.02. The quantitative estimate of drug-likeness (QED) is 0.153. The van der Waals surface area contributed by atoms with Crippen LogP contribution in [0.15, 0.2) is 68.0 Å². The lowest BCUT2D eigenvalue weighted by Crippen LogP contribution is -1.88. The van der Waals surface area contributed by atoms with E-state index in [4.69, 9.17) is 0 Å². The normalized spacial score (nSPS) is 12.1. The van der Waals surface area contributed by atoms with Crippen molar-refractivity contribution in [2.24, 2.45) is 0 Å². The van der Waals surface area contributed by atoms with Gasteiger partial charge in [-0.25, -0.2) is 0 Å². The van der Waals surface area contributed by atoms with Gasteiger partial charge in [0.25, 0.3) is 0 Å². The van der Waals surface area contributed by atoms with Gasteiger partial charge in [0.05, 0.1) is 0 Å². The summed E-state index contributed by atoms with van der Waals surface area (Å²) in [5, 5.41) is 10.3. The van der Waals surface area contributed by atoms with E-state index in [2.05, 4.69) is 102 Å². The van der Waals surface area contributed by atoms with E-state index in [1.165, 1.54) is 43.1 Å². The number of rotatable bonds is 0. The molecule has 0 aliphatic heterocycles. The second-order valence-electron chi connectivity index (χ2n) is 5.76. The summed E-state index contributed by atoms with van der Waals surface area (Å²) in [6.45, 7) is 0. The highest BCUT2D eigenvalue weighted by atomic mass is 79.9. The van der Waals surface area contributed by atoms with Crippen LogP contribution in [0.1, 0.15) is 0 Å². The van der Waals surface area contributed by atoms with Crippen molar-refractivity contribution in [2.45, 2.75) is 0 Å². The molecule has 0 radical (unpaired) electrons. The first-order valence-electron chi connectivity index (χ1n) is 7.29. The maximum Gasteiger partial charge on any atom is 0.0260 e. The molecule has 0 atom stereocenters. The second-order valence-corrected chi connectivity index (χ2v) is 8.33. The summed E-state index contributed by atoms with van der Waals surface area (Å²) >= 11 is 11.2. The van der Waals surface area contributed by atoms with Crippen LogP contribution < -0.4 is 0 Å². The van der Waals surface area contributed by atoms with Crippen LogP contribution >= 0.6 is 47.8 Å². The highest BCUT2D eigenvalue weighted by molar-refractivity contribution is 9.11. The molecule has 0 heterocycles. The molecule has 5 rings (SSSR count). The molecule has 0 N–H and O–H groups in total. The Balaban J connectivity index is 2.29. The number of hydrogen-bond donors (Lipinski definition) is 0. The SMILES string of the molecule is Brc1ccc2c3c(Br)ccc4c(Br)ccc(c5cccc1c52)c43. The van der Waals surface area contributed by atoms with Crippen molar-refractivity contribution in [3.05, 3.63) is 68.0 Å². The summed E-state index contributed by atoms with van der Waals surface area (Å²) in [5.74, 6) is 0. The Labute approximate surface area is 158 Å². The molecule has 0 bridgehead atoms. The Morgan fingerprint density at radius 2 is 0.913 bits per heavy atom. The fraction of sp³-hybridized carbons (Fsp3) is 0. The summed E-state index contributed by atoms with van der Waals surface area (Å²) in [4.78, 5) is 0. The molecule has 5 aromatic carbocycles. The Morgan fingerprint density at radius 3 is 1.70 bits per heavy atom. The van der Waals surface area contributed by atoms with Gasteiger partial charge in [0.15, 0.2) is 0 Å². The van der Waals surface area contributed by atoms with Gasteiger partial charge in [-0.2, -0.15) is 0 Å². The molecule has 0 spiro atoms. The third-order valence-corrected chi connectivity index (χ3v) is 6.67. The van der Waals surface area contributed by atoms with Crippen LogP contribution in [0.3, 0.4) is 0 Å². The van der Waals surface area contributed by atoms with Gasteiger partial charge in [-0.15, -0.1) is 0 Å². The van der Waals surface area contributed by atoms with Gasteiger partial charge in [-0.05, 0) is 55.9 Å². The Hall–Kier alpha value is -1.16. The topological polar surface area (TPSA) is 0 Å². The molecule has 0 amide bonds. The van der Waals surface area contributed by atoms with Gasteiger partial charge in [-0.3, -0.25) is 0 Å². The minimum Gasteiger partial charge on any atom is -0.0610 e. The fourth-order valence-corrected chi connectivity index (χ4v) is 5.15. The summed E-state index contributed by atoms with van der Waals surface area (Å²) in [6.07, 6.45) is 0. The van der Waals surface area contributed by atoms with Crippen LogP contribution in [0.2, 0.25) is 0 Å². The van der Waals surface area contributed by atoms with E-state index in [9.17, 15) is 0 Å². The van der Waals surface area contributed by atoms with E-state index in [1.54, 1.807) is 0 Å². The summed E-state index contributed by atoms with van der Waals surface area (Å²) in [7, 11) is 0. The zero-order valence-electron chi connectivity index (χ0n) is 11.8. The molecule has 0 aromatic heterocycles. The van der Waals surface area contributed by atoms with Crippen LogP contribution in [0, 0.1) is 0 Å². The molecule has 0 nitrogen and oxygen atoms in total. The van der Waals surface area contributed by atoms with Gasteiger partial charge in [0.1, 0.15) is 0 Å². The van der Waals surface area contributed by atoms with Crippen molar-refractivity contribution in [3.8, 4) is 0 Å². The molecule has 0 saturated carbocycles. The molecule has 23 heavy (non-hydrogen) atoms. The lowest BCUT2D eigenvalue weighted by Gasteiger charge is -2.16. The molecule has 110 valence electrons. The van der Waals surface area contributed by atoms with Gasteiger partial charge in [0, 0.05) is 18.8 Å². The molecule has 0 aliphatic rings.